The number of rotatable bonds is 6. The number of thiophene rings is 1. The van der Waals surface area contributed by atoms with Gasteiger partial charge in [0.1, 0.15) is 0 Å². The lowest BCUT2D eigenvalue weighted by Crippen LogP contribution is -2.01. The number of hydrogen-bond acceptors (Lipinski definition) is 4. The van der Waals surface area contributed by atoms with Crippen LogP contribution in [-0.4, -0.2) is 24.1 Å². The Morgan fingerprint density at radius 3 is 1.65 bits per heavy atom. The van der Waals surface area contributed by atoms with Gasteiger partial charge >= 0.3 is 0 Å². The van der Waals surface area contributed by atoms with E-state index in [1.165, 1.54) is 74.9 Å². The third-order valence-electron chi connectivity index (χ3n) is 12.4. The summed E-state index contributed by atoms with van der Waals surface area (Å²) in [5.74, 6) is 1.96. The molecule has 4 heterocycles. The SMILES string of the molecule is c1ccc(-c2nc(-c3ccccc3)nc(-c3ccc4sc5c(ccc6c5c5cccc(-n7c8ccccc8c8cccc(-c9ccccc9)c87)c5n6-c5ccccc5)c4c3)n2)cc1. The quantitative estimate of drug-likeness (QED) is 0.168. The van der Waals surface area contributed by atoms with E-state index in [0.29, 0.717) is 17.5 Å². The molecule has 0 aliphatic rings. The molecule has 0 saturated carbocycles. The topological polar surface area (TPSA) is 48.5 Å². The second-order valence-electron chi connectivity index (χ2n) is 16.0. The number of nitrogens with zero attached hydrogens (tertiary/aromatic N) is 5. The predicted molar refractivity (Wildman–Crippen MR) is 263 cm³/mol. The number of hydrogen-bond donors (Lipinski definition) is 0. The maximum Gasteiger partial charge on any atom is 0.164 e. The van der Waals surface area contributed by atoms with Crippen molar-refractivity contribution in [2.45, 2.75) is 0 Å². The largest absolute Gasteiger partial charge is 0.307 e. The molecule has 4 aromatic heterocycles. The Balaban J connectivity index is 1.08. The highest BCUT2D eigenvalue weighted by Gasteiger charge is 2.24. The first kappa shape index (κ1) is 35.6. The van der Waals surface area contributed by atoms with Crippen LogP contribution in [0.5, 0.6) is 0 Å². The van der Waals surface area contributed by atoms with Crippen LogP contribution in [0, 0.1) is 0 Å². The lowest BCUT2D eigenvalue weighted by atomic mass is 10.0. The fourth-order valence-corrected chi connectivity index (χ4v) is 10.8. The van der Waals surface area contributed by atoms with Crippen LogP contribution in [-0.2, 0) is 0 Å². The lowest BCUT2D eigenvalue weighted by Gasteiger charge is -2.16. The Morgan fingerprint density at radius 2 is 0.937 bits per heavy atom. The molecule has 0 unspecified atom stereocenters. The van der Waals surface area contributed by atoms with E-state index in [1.807, 2.05) is 47.7 Å². The molecule has 6 heteroatoms. The van der Waals surface area contributed by atoms with Crippen molar-refractivity contribution in [2.24, 2.45) is 0 Å². The minimum Gasteiger partial charge on any atom is -0.307 e. The van der Waals surface area contributed by atoms with Gasteiger partial charge in [-0.05, 0) is 54.1 Å². The van der Waals surface area contributed by atoms with Gasteiger partial charge in [0.25, 0.3) is 0 Å². The van der Waals surface area contributed by atoms with Crippen molar-refractivity contribution in [3.05, 3.63) is 212 Å². The fraction of sp³-hybridized carbons (Fsp3) is 0. The zero-order chi connectivity index (χ0) is 41.4. The Hall–Kier alpha value is -8.19. The standard InChI is InChI=1S/C57H35N5S/c1-5-17-36(18-6-1)41-26-15-27-43-42-25-13-14-29-47(42)62(52(41)43)49-30-16-28-45-51-48(61(53(45)49)40-23-11-4-12-24-40)33-32-44-46-35-39(31-34-50(46)63-54(44)51)57-59-55(37-19-7-2-8-20-37)58-56(60-57)38-21-9-3-10-22-38/h1-35H. The minimum atomic E-state index is 0.649. The zero-order valence-corrected chi connectivity index (χ0v) is 34.7. The molecule has 0 radical (unpaired) electrons. The van der Waals surface area contributed by atoms with E-state index in [0.717, 1.165) is 28.1 Å². The Morgan fingerprint density at radius 1 is 0.349 bits per heavy atom. The molecule has 0 aliphatic carbocycles. The van der Waals surface area contributed by atoms with Gasteiger partial charge in [-0.2, -0.15) is 0 Å². The summed E-state index contributed by atoms with van der Waals surface area (Å²) < 4.78 is 7.45. The molecule has 13 aromatic rings. The molecule has 0 bridgehead atoms. The summed E-state index contributed by atoms with van der Waals surface area (Å²) in [5, 5.41) is 7.33. The third kappa shape index (κ3) is 5.59. The Kier molecular flexibility index (Phi) is 8.01. The van der Waals surface area contributed by atoms with E-state index < -0.39 is 0 Å². The monoisotopic (exact) mass is 821 g/mol. The molecule has 63 heavy (non-hydrogen) atoms. The summed E-state index contributed by atoms with van der Waals surface area (Å²) in [6, 6.07) is 75.6. The highest BCUT2D eigenvalue weighted by molar-refractivity contribution is 7.26. The van der Waals surface area contributed by atoms with E-state index in [4.69, 9.17) is 15.0 Å². The summed E-state index contributed by atoms with van der Waals surface area (Å²) in [7, 11) is 0. The van der Waals surface area contributed by atoms with Crippen molar-refractivity contribution in [3.63, 3.8) is 0 Å². The van der Waals surface area contributed by atoms with Gasteiger partial charge in [0.05, 0.1) is 27.8 Å². The molecule has 0 saturated heterocycles. The fourth-order valence-electron chi connectivity index (χ4n) is 9.59. The van der Waals surface area contributed by atoms with Crippen LogP contribution in [0.25, 0.3) is 120 Å². The van der Waals surface area contributed by atoms with E-state index in [9.17, 15) is 0 Å². The van der Waals surface area contributed by atoms with E-state index in [1.54, 1.807) is 0 Å². The first-order chi connectivity index (χ1) is 31.3. The molecule has 0 amide bonds. The van der Waals surface area contributed by atoms with Crippen LogP contribution < -0.4 is 0 Å². The van der Waals surface area contributed by atoms with Gasteiger partial charge in [0.15, 0.2) is 17.5 Å². The maximum atomic E-state index is 5.08. The molecule has 5 nitrogen and oxygen atoms in total. The second-order valence-corrected chi connectivity index (χ2v) is 17.0. The first-order valence-electron chi connectivity index (χ1n) is 21.2. The zero-order valence-electron chi connectivity index (χ0n) is 33.9. The number of fused-ring (bicyclic) bond motifs is 10. The third-order valence-corrected chi connectivity index (χ3v) is 13.6. The van der Waals surface area contributed by atoms with Crippen molar-refractivity contribution in [2.75, 3.05) is 0 Å². The second kappa shape index (κ2) is 14.2. The Bertz CT molecular complexity index is 3830. The van der Waals surface area contributed by atoms with Crippen LogP contribution >= 0.6 is 11.3 Å². The lowest BCUT2D eigenvalue weighted by molar-refractivity contribution is 1.07. The van der Waals surface area contributed by atoms with E-state index >= 15 is 0 Å². The molecular formula is C57H35N5S. The molecule has 0 atom stereocenters. The van der Waals surface area contributed by atoms with Gasteiger partial charge in [-0.25, -0.2) is 15.0 Å². The minimum absolute atomic E-state index is 0.649. The average Bonchev–Trinajstić information content (AvgIpc) is 4.02. The first-order valence-corrected chi connectivity index (χ1v) is 22.0. The van der Waals surface area contributed by atoms with Crippen LogP contribution in [0.4, 0.5) is 0 Å². The summed E-state index contributed by atoms with van der Waals surface area (Å²) in [5.41, 5.74) is 12.2. The smallest absolute Gasteiger partial charge is 0.164 e. The summed E-state index contributed by atoms with van der Waals surface area (Å²) in [4.78, 5) is 15.1. The van der Waals surface area contributed by atoms with Crippen molar-refractivity contribution in [1.82, 2.24) is 24.1 Å². The molecule has 294 valence electrons. The number of para-hydroxylation sites is 4. The molecule has 0 fully saturated rings. The highest BCUT2D eigenvalue weighted by atomic mass is 32.1. The molecule has 0 spiro atoms. The van der Waals surface area contributed by atoms with Gasteiger partial charge in [0, 0.05) is 69.7 Å². The van der Waals surface area contributed by atoms with Crippen LogP contribution in [0.15, 0.2) is 212 Å². The van der Waals surface area contributed by atoms with Crippen LogP contribution in [0.3, 0.4) is 0 Å². The van der Waals surface area contributed by atoms with Crippen molar-refractivity contribution < 1.29 is 0 Å². The van der Waals surface area contributed by atoms with E-state index in [2.05, 4.69) is 185 Å². The number of benzene rings is 9. The van der Waals surface area contributed by atoms with Gasteiger partial charge in [-0.15, -0.1) is 11.3 Å². The predicted octanol–water partition coefficient (Wildman–Crippen LogP) is 15.1. The highest BCUT2D eigenvalue weighted by Crippen LogP contribution is 2.47. The van der Waals surface area contributed by atoms with E-state index in [-0.39, 0.29) is 0 Å². The van der Waals surface area contributed by atoms with Crippen molar-refractivity contribution >= 4 is 75.1 Å². The average molecular weight is 822 g/mol. The van der Waals surface area contributed by atoms with Gasteiger partial charge in [-0.3, -0.25) is 0 Å². The summed E-state index contributed by atoms with van der Waals surface area (Å²) in [6.07, 6.45) is 0. The molecular weight excluding hydrogens is 787 g/mol. The molecule has 13 rings (SSSR count). The summed E-state index contributed by atoms with van der Waals surface area (Å²) in [6.45, 7) is 0. The summed E-state index contributed by atoms with van der Waals surface area (Å²) >= 11 is 1.85. The molecule has 9 aromatic carbocycles. The van der Waals surface area contributed by atoms with Gasteiger partial charge in [0.2, 0.25) is 0 Å². The molecule has 0 N–H and O–H groups in total. The van der Waals surface area contributed by atoms with Gasteiger partial charge in [-0.1, -0.05) is 164 Å². The van der Waals surface area contributed by atoms with Crippen LogP contribution in [0.1, 0.15) is 0 Å². The van der Waals surface area contributed by atoms with Crippen LogP contribution in [0.2, 0.25) is 0 Å². The van der Waals surface area contributed by atoms with Gasteiger partial charge < -0.3 is 9.13 Å². The molecule has 0 aliphatic heterocycles. The Labute approximate surface area is 366 Å². The van der Waals surface area contributed by atoms with Crippen molar-refractivity contribution in [1.29, 1.82) is 0 Å². The van der Waals surface area contributed by atoms with Crippen molar-refractivity contribution in [3.8, 4) is 56.7 Å². The maximum absolute atomic E-state index is 5.08. The number of aromatic nitrogens is 5. The normalized spacial score (nSPS) is 11.8.